The van der Waals surface area contributed by atoms with E-state index in [-0.39, 0.29) is 5.92 Å². The molecule has 0 bridgehead atoms. The number of hydrogen-bond donors (Lipinski definition) is 1. The van der Waals surface area contributed by atoms with Gasteiger partial charge in [-0.05, 0) is 13.0 Å². The lowest BCUT2D eigenvalue weighted by molar-refractivity contribution is 0.0543. The first kappa shape index (κ1) is 9.52. The first-order chi connectivity index (χ1) is 6.73. The number of alkyl halides is 1. The van der Waals surface area contributed by atoms with E-state index >= 15 is 0 Å². The van der Waals surface area contributed by atoms with Crippen molar-refractivity contribution in [2.45, 2.75) is 19.0 Å². The SMILES string of the molecule is CC1CNCCC1(F)c1cncnc1. The van der Waals surface area contributed by atoms with Crippen molar-refractivity contribution in [2.75, 3.05) is 13.1 Å². The first-order valence-corrected chi connectivity index (χ1v) is 4.88. The largest absolute Gasteiger partial charge is 0.316 e. The Kier molecular flexibility index (Phi) is 2.46. The summed E-state index contributed by atoms with van der Waals surface area (Å²) < 4.78 is 14.6. The van der Waals surface area contributed by atoms with Gasteiger partial charge < -0.3 is 5.32 Å². The van der Waals surface area contributed by atoms with Crippen LogP contribution in [0.5, 0.6) is 0 Å². The highest BCUT2D eigenvalue weighted by Gasteiger charge is 2.40. The molecule has 0 saturated carbocycles. The third-order valence-corrected chi connectivity index (χ3v) is 2.94. The Morgan fingerprint density at radius 3 is 2.86 bits per heavy atom. The molecule has 1 aliphatic heterocycles. The second-order valence-corrected chi connectivity index (χ2v) is 3.84. The number of nitrogens with one attached hydrogen (secondary N) is 1. The van der Waals surface area contributed by atoms with Gasteiger partial charge in [0, 0.05) is 30.4 Å². The van der Waals surface area contributed by atoms with Crippen molar-refractivity contribution in [3.8, 4) is 0 Å². The normalized spacial score (nSPS) is 32.9. The Bertz CT molecular complexity index is 303. The lowest BCUT2D eigenvalue weighted by Gasteiger charge is -2.35. The minimum absolute atomic E-state index is 0.0257. The minimum atomic E-state index is -1.26. The molecule has 2 unspecified atom stereocenters. The monoisotopic (exact) mass is 195 g/mol. The van der Waals surface area contributed by atoms with Gasteiger partial charge in [0.25, 0.3) is 0 Å². The van der Waals surface area contributed by atoms with Gasteiger partial charge >= 0.3 is 0 Å². The van der Waals surface area contributed by atoms with E-state index in [1.165, 1.54) is 6.33 Å². The van der Waals surface area contributed by atoms with Gasteiger partial charge in [-0.15, -0.1) is 0 Å². The second-order valence-electron chi connectivity index (χ2n) is 3.84. The summed E-state index contributed by atoms with van der Waals surface area (Å²) in [4.78, 5) is 7.74. The summed E-state index contributed by atoms with van der Waals surface area (Å²) in [5.41, 5.74) is -0.652. The van der Waals surface area contributed by atoms with Crippen molar-refractivity contribution in [3.05, 3.63) is 24.3 Å². The number of aromatic nitrogens is 2. The zero-order valence-corrected chi connectivity index (χ0v) is 8.20. The van der Waals surface area contributed by atoms with Crippen LogP contribution in [-0.2, 0) is 5.67 Å². The number of nitrogens with zero attached hydrogens (tertiary/aromatic N) is 2. The second kappa shape index (κ2) is 3.61. The molecule has 2 rings (SSSR count). The Morgan fingerprint density at radius 1 is 1.50 bits per heavy atom. The fourth-order valence-electron chi connectivity index (χ4n) is 1.94. The molecule has 14 heavy (non-hydrogen) atoms. The van der Waals surface area contributed by atoms with Crippen LogP contribution in [0, 0.1) is 5.92 Å². The van der Waals surface area contributed by atoms with E-state index in [2.05, 4.69) is 15.3 Å². The smallest absolute Gasteiger partial charge is 0.143 e. The minimum Gasteiger partial charge on any atom is -0.316 e. The van der Waals surface area contributed by atoms with Crippen molar-refractivity contribution in [2.24, 2.45) is 5.92 Å². The summed E-state index contributed by atoms with van der Waals surface area (Å²) in [6.07, 6.45) is 5.09. The van der Waals surface area contributed by atoms with Gasteiger partial charge in [0.1, 0.15) is 12.0 Å². The van der Waals surface area contributed by atoms with Crippen LogP contribution in [0.4, 0.5) is 4.39 Å². The highest BCUT2D eigenvalue weighted by atomic mass is 19.1. The van der Waals surface area contributed by atoms with Crippen molar-refractivity contribution >= 4 is 0 Å². The summed E-state index contributed by atoms with van der Waals surface area (Å²) >= 11 is 0. The lowest BCUT2D eigenvalue weighted by Crippen LogP contribution is -2.44. The maximum Gasteiger partial charge on any atom is 0.143 e. The molecule has 76 valence electrons. The van der Waals surface area contributed by atoms with Gasteiger partial charge in [-0.3, -0.25) is 0 Å². The maximum absolute atomic E-state index is 14.6. The van der Waals surface area contributed by atoms with Crippen LogP contribution in [0.1, 0.15) is 18.9 Å². The van der Waals surface area contributed by atoms with Crippen molar-refractivity contribution in [1.82, 2.24) is 15.3 Å². The summed E-state index contributed by atoms with van der Waals surface area (Å²) in [6, 6.07) is 0. The highest BCUT2D eigenvalue weighted by Crippen LogP contribution is 2.38. The fraction of sp³-hybridized carbons (Fsp3) is 0.600. The van der Waals surface area contributed by atoms with Crippen LogP contribution in [-0.4, -0.2) is 23.1 Å². The van der Waals surface area contributed by atoms with Crippen LogP contribution >= 0.6 is 0 Å². The van der Waals surface area contributed by atoms with Crippen LogP contribution < -0.4 is 5.32 Å². The molecule has 1 aromatic heterocycles. The molecular formula is C10H14FN3. The van der Waals surface area contributed by atoms with E-state index < -0.39 is 5.67 Å². The molecule has 4 heteroatoms. The van der Waals surface area contributed by atoms with Gasteiger partial charge in [0.2, 0.25) is 0 Å². The molecule has 1 saturated heterocycles. The Labute approximate surface area is 82.8 Å². The number of halogens is 1. The number of hydrogen-bond acceptors (Lipinski definition) is 3. The molecule has 0 spiro atoms. The van der Waals surface area contributed by atoms with Crippen LogP contribution in [0.3, 0.4) is 0 Å². The van der Waals surface area contributed by atoms with E-state index in [1.807, 2.05) is 6.92 Å². The summed E-state index contributed by atoms with van der Waals surface area (Å²) in [5.74, 6) is -0.0257. The molecular weight excluding hydrogens is 181 g/mol. The van der Waals surface area contributed by atoms with Crippen LogP contribution in [0.15, 0.2) is 18.7 Å². The average Bonchev–Trinajstić information content (AvgIpc) is 2.24. The lowest BCUT2D eigenvalue weighted by atomic mass is 9.80. The Hall–Kier alpha value is -1.03. The number of piperidine rings is 1. The maximum atomic E-state index is 14.6. The summed E-state index contributed by atoms with van der Waals surface area (Å²) in [5, 5.41) is 3.18. The third-order valence-electron chi connectivity index (χ3n) is 2.94. The third kappa shape index (κ3) is 1.50. The van der Waals surface area contributed by atoms with E-state index in [9.17, 15) is 4.39 Å². The molecule has 0 aromatic carbocycles. The predicted octanol–water partition coefficient (Wildman–Crippen LogP) is 1.27. The Morgan fingerprint density at radius 2 is 2.21 bits per heavy atom. The first-order valence-electron chi connectivity index (χ1n) is 4.88. The van der Waals surface area contributed by atoms with Crippen LogP contribution in [0.2, 0.25) is 0 Å². The molecule has 2 atom stereocenters. The van der Waals surface area contributed by atoms with Gasteiger partial charge in [0.15, 0.2) is 0 Å². The zero-order valence-electron chi connectivity index (χ0n) is 8.20. The molecule has 0 amide bonds. The predicted molar refractivity (Wildman–Crippen MR) is 51.5 cm³/mol. The highest BCUT2D eigenvalue weighted by molar-refractivity contribution is 5.17. The van der Waals surface area contributed by atoms with Crippen molar-refractivity contribution in [1.29, 1.82) is 0 Å². The van der Waals surface area contributed by atoms with E-state index in [1.54, 1.807) is 12.4 Å². The zero-order chi connectivity index (χ0) is 10.0. The van der Waals surface area contributed by atoms with Gasteiger partial charge in [0.05, 0.1) is 0 Å². The average molecular weight is 195 g/mol. The summed E-state index contributed by atoms with van der Waals surface area (Å²) in [7, 11) is 0. The van der Waals surface area contributed by atoms with Crippen molar-refractivity contribution < 1.29 is 4.39 Å². The van der Waals surface area contributed by atoms with Gasteiger partial charge in [-0.25, -0.2) is 14.4 Å². The number of rotatable bonds is 1. The fourth-order valence-corrected chi connectivity index (χ4v) is 1.94. The molecule has 0 aliphatic carbocycles. The summed E-state index contributed by atoms with van der Waals surface area (Å²) in [6.45, 7) is 3.35. The molecule has 1 aromatic rings. The topological polar surface area (TPSA) is 37.8 Å². The molecule has 0 radical (unpaired) electrons. The molecule has 1 N–H and O–H groups in total. The molecule has 1 aliphatic rings. The Balaban J connectivity index is 2.30. The molecule has 3 nitrogen and oxygen atoms in total. The van der Waals surface area contributed by atoms with Crippen molar-refractivity contribution in [3.63, 3.8) is 0 Å². The quantitative estimate of drug-likeness (QED) is 0.733. The van der Waals surface area contributed by atoms with E-state index in [4.69, 9.17) is 0 Å². The van der Waals surface area contributed by atoms with E-state index in [0.717, 1.165) is 6.54 Å². The molecule has 2 heterocycles. The van der Waals surface area contributed by atoms with E-state index in [0.29, 0.717) is 18.5 Å². The molecule has 1 fully saturated rings. The van der Waals surface area contributed by atoms with Gasteiger partial charge in [-0.2, -0.15) is 0 Å². The standard InChI is InChI=1S/C10H14FN3/c1-8-4-12-3-2-10(8,11)9-5-13-7-14-6-9/h5-8,12H,2-4H2,1H3. The van der Waals surface area contributed by atoms with Gasteiger partial charge in [-0.1, -0.05) is 6.92 Å². The van der Waals surface area contributed by atoms with Crippen LogP contribution in [0.25, 0.3) is 0 Å².